The van der Waals surface area contributed by atoms with E-state index in [0.29, 0.717) is 38.5 Å². The molecule has 0 aromatic carbocycles. The lowest BCUT2D eigenvalue weighted by molar-refractivity contribution is -0.133. The number of piperazine rings is 1. The maximum atomic E-state index is 12.9. The minimum absolute atomic E-state index is 0.140. The van der Waals surface area contributed by atoms with Gasteiger partial charge in [0.1, 0.15) is 0 Å². The third-order valence-corrected chi connectivity index (χ3v) is 8.35. The first kappa shape index (κ1) is 19.1. The van der Waals surface area contributed by atoms with E-state index >= 15 is 0 Å². The normalized spacial score (nSPS) is 25.0. The second-order valence-corrected chi connectivity index (χ2v) is 9.94. The Bertz CT molecular complexity index is 546. The van der Waals surface area contributed by atoms with Gasteiger partial charge in [-0.05, 0) is 31.6 Å². The zero-order valence-corrected chi connectivity index (χ0v) is 16.3. The van der Waals surface area contributed by atoms with Crippen LogP contribution in [0.5, 0.6) is 0 Å². The molecule has 6 nitrogen and oxygen atoms in total. The van der Waals surface area contributed by atoms with Crippen molar-refractivity contribution in [3.63, 3.8) is 0 Å². The van der Waals surface area contributed by atoms with Crippen LogP contribution in [0.3, 0.4) is 0 Å². The second kappa shape index (κ2) is 8.35. The Labute approximate surface area is 152 Å². The van der Waals surface area contributed by atoms with Gasteiger partial charge in [0.05, 0.1) is 0 Å². The third kappa shape index (κ3) is 4.55. The van der Waals surface area contributed by atoms with Crippen molar-refractivity contribution in [1.82, 2.24) is 13.5 Å². The maximum absolute atomic E-state index is 12.9. The molecule has 3 rings (SSSR count). The van der Waals surface area contributed by atoms with Crippen molar-refractivity contribution in [3.05, 3.63) is 0 Å². The molecule has 2 aliphatic carbocycles. The summed E-state index contributed by atoms with van der Waals surface area (Å²) in [5, 5.41) is 0. The van der Waals surface area contributed by atoms with E-state index < -0.39 is 10.2 Å². The van der Waals surface area contributed by atoms with Gasteiger partial charge in [0.15, 0.2) is 0 Å². The molecule has 0 radical (unpaired) electrons. The van der Waals surface area contributed by atoms with E-state index in [2.05, 4.69) is 0 Å². The molecule has 2 saturated carbocycles. The summed E-state index contributed by atoms with van der Waals surface area (Å²) < 4.78 is 28.9. The number of nitrogens with zero attached hydrogens (tertiary/aromatic N) is 3. The van der Waals surface area contributed by atoms with Crippen LogP contribution in [-0.2, 0) is 15.0 Å². The molecule has 1 saturated heterocycles. The first-order chi connectivity index (χ1) is 12.0. The Kier molecular flexibility index (Phi) is 6.39. The van der Waals surface area contributed by atoms with E-state index in [1.807, 2.05) is 4.90 Å². The van der Waals surface area contributed by atoms with Gasteiger partial charge < -0.3 is 4.90 Å². The molecular formula is C18H33N3O3S. The zero-order valence-electron chi connectivity index (χ0n) is 15.5. The van der Waals surface area contributed by atoms with Gasteiger partial charge in [-0.1, -0.05) is 32.1 Å². The Morgan fingerprint density at radius 2 is 1.48 bits per heavy atom. The number of hydrogen-bond acceptors (Lipinski definition) is 3. The molecule has 0 unspecified atom stereocenters. The van der Waals surface area contributed by atoms with Gasteiger partial charge in [0, 0.05) is 45.7 Å². The van der Waals surface area contributed by atoms with E-state index in [0.717, 1.165) is 25.7 Å². The molecule has 0 aromatic heterocycles. The van der Waals surface area contributed by atoms with Gasteiger partial charge in [-0.3, -0.25) is 4.79 Å². The summed E-state index contributed by atoms with van der Waals surface area (Å²) in [6.45, 7) is 1.91. The largest absolute Gasteiger partial charge is 0.340 e. The topological polar surface area (TPSA) is 60.9 Å². The predicted molar refractivity (Wildman–Crippen MR) is 98.3 cm³/mol. The fraction of sp³-hybridized carbons (Fsp3) is 0.944. The summed E-state index contributed by atoms with van der Waals surface area (Å²) in [6, 6.07) is 0.140. The van der Waals surface area contributed by atoms with Crippen molar-refractivity contribution in [2.24, 2.45) is 5.92 Å². The average Bonchev–Trinajstić information content (AvgIpc) is 3.15. The number of carbonyl (C=O) groups excluding carboxylic acids is 1. The van der Waals surface area contributed by atoms with Crippen LogP contribution in [-0.4, -0.2) is 67.1 Å². The van der Waals surface area contributed by atoms with Crippen molar-refractivity contribution in [2.45, 2.75) is 70.3 Å². The summed E-state index contributed by atoms with van der Waals surface area (Å²) >= 11 is 0. The molecule has 3 aliphatic rings. The van der Waals surface area contributed by atoms with Crippen LogP contribution < -0.4 is 0 Å². The molecule has 25 heavy (non-hydrogen) atoms. The Morgan fingerprint density at radius 3 is 2.08 bits per heavy atom. The van der Waals surface area contributed by atoms with Crippen LogP contribution in [0.15, 0.2) is 0 Å². The van der Waals surface area contributed by atoms with E-state index in [1.165, 1.54) is 32.1 Å². The molecule has 1 heterocycles. The molecule has 0 bridgehead atoms. The molecule has 1 aliphatic heterocycles. The van der Waals surface area contributed by atoms with Crippen molar-refractivity contribution < 1.29 is 13.2 Å². The molecule has 0 aromatic rings. The van der Waals surface area contributed by atoms with Crippen molar-refractivity contribution >= 4 is 16.1 Å². The van der Waals surface area contributed by atoms with Gasteiger partial charge in [-0.2, -0.15) is 17.0 Å². The minimum Gasteiger partial charge on any atom is -0.340 e. The molecule has 0 spiro atoms. The van der Waals surface area contributed by atoms with Crippen molar-refractivity contribution in [1.29, 1.82) is 0 Å². The number of hydrogen-bond donors (Lipinski definition) is 0. The van der Waals surface area contributed by atoms with Crippen LogP contribution in [0.1, 0.15) is 64.2 Å². The first-order valence-electron chi connectivity index (χ1n) is 9.99. The zero-order chi connectivity index (χ0) is 17.9. The molecule has 0 atom stereocenters. The highest BCUT2D eigenvalue weighted by molar-refractivity contribution is 7.86. The lowest BCUT2D eigenvalue weighted by Crippen LogP contribution is -2.55. The lowest BCUT2D eigenvalue weighted by Gasteiger charge is -2.39. The predicted octanol–water partition coefficient (Wildman–Crippen LogP) is 2.22. The maximum Gasteiger partial charge on any atom is 0.282 e. The lowest BCUT2D eigenvalue weighted by atomic mass is 9.96. The average molecular weight is 372 g/mol. The van der Waals surface area contributed by atoms with E-state index in [1.54, 1.807) is 15.7 Å². The Morgan fingerprint density at radius 1 is 0.920 bits per heavy atom. The van der Waals surface area contributed by atoms with Gasteiger partial charge in [0.25, 0.3) is 10.2 Å². The van der Waals surface area contributed by atoms with Crippen LogP contribution >= 0.6 is 0 Å². The SMILES string of the molecule is CN(C1CCCCC1)S(=O)(=O)N1CCN(C(=O)CC2CCCC2)CC1. The smallest absolute Gasteiger partial charge is 0.282 e. The quantitative estimate of drug-likeness (QED) is 0.744. The van der Waals surface area contributed by atoms with Crippen LogP contribution in [0.2, 0.25) is 0 Å². The van der Waals surface area contributed by atoms with Gasteiger partial charge in [0.2, 0.25) is 5.91 Å². The number of rotatable bonds is 5. The highest BCUT2D eigenvalue weighted by Crippen LogP contribution is 2.29. The third-order valence-electron chi connectivity index (χ3n) is 6.31. The summed E-state index contributed by atoms with van der Waals surface area (Å²) in [7, 11) is -1.68. The number of amides is 1. The molecule has 0 N–H and O–H groups in total. The second-order valence-electron chi connectivity index (χ2n) is 7.95. The fourth-order valence-corrected chi connectivity index (χ4v) is 6.15. The highest BCUT2D eigenvalue weighted by Gasteiger charge is 2.35. The Balaban J connectivity index is 1.51. The van der Waals surface area contributed by atoms with E-state index in [4.69, 9.17) is 0 Å². The summed E-state index contributed by atoms with van der Waals surface area (Å²) in [4.78, 5) is 14.3. The minimum atomic E-state index is -3.40. The first-order valence-corrected chi connectivity index (χ1v) is 11.4. The van der Waals surface area contributed by atoms with Crippen molar-refractivity contribution in [2.75, 3.05) is 33.2 Å². The fourth-order valence-electron chi connectivity index (χ4n) is 4.57. The molecule has 144 valence electrons. The van der Waals surface area contributed by atoms with E-state index in [9.17, 15) is 13.2 Å². The van der Waals surface area contributed by atoms with Gasteiger partial charge in [-0.25, -0.2) is 0 Å². The summed E-state index contributed by atoms with van der Waals surface area (Å²) in [5.74, 6) is 0.760. The summed E-state index contributed by atoms with van der Waals surface area (Å²) in [6.07, 6.45) is 10.9. The molecule has 1 amide bonds. The Hall–Kier alpha value is -0.660. The van der Waals surface area contributed by atoms with Crippen molar-refractivity contribution in [3.8, 4) is 0 Å². The van der Waals surface area contributed by atoms with Gasteiger partial charge in [-0.15, -0.1) is 0 Å². The standard InChI is InChI=1S/C18H33N3O3S/c1-19(17-9-3-2-4-10-17)25(23,24)21-13-11-20(12-14-21)18(22)15-16-7-5-6-8-16/h16-17H,2-15H2,1H3. The van der Waals surface area contributed by atoms with Crippen LogP contribution in [0.4, 0.5) is 0 Å². The molecule has 7 heteroatoms. The van der Waals surface area contributed by atoms with E-state index in [-0.39, 0.29) is 11.9 Å². The van der Waals surface area contributed by atoms with Gasteiger partial charge >= 0.3 is 0 Å². The summed E-state index contributed by atoms with van der Waals surface area (Å²) in [5.41, 5.74) is 0. The highest BCUT2D eigenvalue weighted by atomic mass is 32.2. The molecular weight excluding hydrogens is 338 g/mol. The molecule has 3 fully saturated rings. The number of carbonyl (C=O) groups is 1. The van der Waals surface area contributed by atoms with Crippen LogP contribution in [0, 0.1) is 5.92 Å². The van der Waals surface area contributed by atoms with Crippen LogP contribution in [0.25, 0.3) is 0 Å². The monoisotopic (exact) mass is 371 g/mol.